The van der Waals surface area contributed by atoms with E-state index in [4.69, 9.17) is 0 Å². The molecule has 0 spiro atoms. The van der Waals surface area contributed by atoms with Gasteiger partial charge >= 0.3 is 0 Å². The molecule has 0 atom stereocenters. The molecule has 3 heterocycles. The first kappa shape index (κ1) is 18.3. The van der Waals surface area contributed by atoms with Crippen LogP contribution in [0.4, 0.5) is 0 Å². The number of amides is 1. The largest absolute Gasteiger partial charge is 0.340 e. The van der Waals surface area contributed by atoms with Crippen molar-refractivity contribution in [1.82, 2.24) is 14.8 Å². The number of thiazole rings is 1. The summed E-state index contributed by atoms with van der Waals surface area (Å²) in [5, 5.41) is 5.32. The Bertz CT molecular complexity index is 882. The fourth-order valence-electron chi connectivity index (χ4n) is 3.34. The molecule has 4 nitrogen and oxygen atoms in total. The predicted octanol–water partition coefficient (Wildman–Crippen LogP) is 4.07. The van der Waals surface area contributed by atoms with Crippen LogP contribution in [-0.2, 0) is 17.8 Å². The molecule has 0 aliphatic carbocycles. The molecule has 6 heteroatoms. The average molecular weight is 398 g/mol. The van der Waals surface area contributed by atoms with E-state index in [1.165, 1.54) is 5.56 Å². The van der Waals surface area contributed by atoms with Crippen molar-refractivity contribution in [2.45, 2.75) is 19.9 Å². The number of benzene rings is 1. The van der Waals surface area contributed by atoms with Gasteiger partial charge in [0.05, 0.1) is 12.1 Å². The molecule has 1 saturated heterocycles. The molecule has 0 bridgehead atoms. The lowest BCUT2D eigenvalue weighted by molar-refractivity contribution is -0.132. The van der Waals surface area contributed by atoms with Gasteiger partial charge in [0.2, 0.25) is 5.91 Å². The smallest absolute Gasteiger partial charge is 0.227 e. The summed E-state index contributed by atoms with van der Waals surface area (Å²) in [6.45, 7) is 6.50. The number of aryl methyl sites for hydroxylation is 1. The molecule has 1 aliphatic heterocycles. The molecule has 2 aromatic heterocycles. The van der Waals surface area contributed by atoms with Crippen LogP contribution in [0.15, 0.2) is 47.2 Å². The Morgan fingerprint density at radius 2 is 1.89 bits per heavy atom. The van der Waals surface area contributed by atoms with E-state index in [-0.39, 0.29) is 5.91 Å². The maximum atomic E-state index is 12.8. The standard InChI is InChI=1S/C21H23N3OS2/c1-16-19(27-21(22-16)18-5-3-2-4-6-18)13-20(25)24-10-8-23(9-11-24)14-17-7-12-26-15-17/h2-7,12,15H,8-11,13-14H2,1H3. The van der Waals surface area contributed by atoms with Crippen LogP contribution in [0.25, 0.3) is 10.6 Å². The van der Waals surface area contributed by atoms with Gasteiger partial charge in [-0.25, -0.2) is 4.98 Å². The minimum Gasteiger partial charge on any atom is -0.340 e. The van der Waals surface area contributed by atoms with E-state index in [2.05, 4.69) is 38.8 Å². The second-order valence-corrected chi connectivity index (χ2v) is 8.72. The molecule has 1 amide bonds. The summed E-state index contributed by atoms with van der Waals surface area (Å²) < 4.78 is 0. The van der Waals surface area contributed by atoms with Gasteiger partial charge in [0.15, 0.2) is 0 Å². The SMILES string of the molecule is Cc1nc(-c2ccccc2)sc1CC(=O)N1CCN(Cc2ccsc2)CC1. The number of thiophene rings is 1. The molecule has 27 heavy (non-hydrogen) atoms. The van der Waals surface area contributed by atoms with Gasteiger partial charge in [0.1, 0.15) is 5.01 Å². The third-order valence-corrected chi connectivity index (χ3v) is 6.88. The zero-order valence-electron chi connectivity index (χ0n) is 15.4. The average Bonchev–Trinajstić information content (AvgIpc) is 3.33. The second-order valence-electron chi connectivity index (χ2n) is 6.86. The van der Waals surface area contributed by atoms with Crippen molar-refractivity contribution >= 4 is 28.6 Å². The van der Waals surface area contributed by atoms with Gasteiger partial charge in [-0.1, -0.05) is 30.3 Å². The van der Waals surface area contributed by atoms with Crippen molar-refractivity contribution in [3.05, 3.63) is 63.3 Å². The number of hydrogen-bond acceptors (Lipinski definition) is 5. The van der Waals surface area contributed by atoms with Crippen molar-refractivity contribution in [3.8, 4) is 10.6 Å². The fraction of sp³-hybridized carbons (Fsp3) is 0.333. The summed E-state index contributed by atoms with van der Waals surface area (Å²) in [7, 11) is 0. The maximum absolute atomic E-state index is 12.8. The summed E-state index contributed by atoms with van der Waals surface area (Å²) in [4.78, 5) is 23.0. The van der Waals surface area contributed by atoms with E-state index >= 15 is 0 Å². The Balaban J connectivity index is 1.34. The number of rotatable bonds is 5. The van der Waals surface area contributed by atoms with Gasteiger partial charge in [0.25, 0.3) is 0 Å². The van der Waals surface area contributed by atoms with Gasteiger partial charge in [-0.3, -0.25) is 9.69 Å². The molecule has 1 aromatic carbocycles. The third kappa shape index (κ3) is 4.46. The lowest BCUT2D eigenvalue weighted by Crippen LogP contribution is -2.48. The third-order valence-electron chi connectivity index (χ3n) is 4.94. The van der Waals surface area contributed by atoms with Crippen LogP contribution in [0.5, 0.6) is 0 Å². The van der Waals surface area contributed by atoms with Crippen molar-refractivity contribution in [2.75, 3.05) is 26.2 Å². The van der Waals surface area contributed by atoms with Gasteiger partial charge in [-0.2, -0.15) is 11.3 Å². The summed E-state index contributed by atoms with van der Waals surface area (Å²) in [6, 6.07) is 12.4. The van der Waals surface area contributed by atoms with Crippen molar-refractivity contribution in [3.63, 3.8) is 0 Å². The predicted molar refractivity (Wildman–Crippen MR) is 112 cm³/mol. The Labute approximate surface area is 168 Å². The molecule has 4 rings (SSSR count). The van der Waals surface area contributed by atoms with Crippen LogP contribution in [0.2, 0.25) is 0 Å². The van der Waals surface area contributed by atoms with Gasteiger partial charge < -0.3 is 4.90 Å². The van der Waals surface area contributed by atoms with Crippen molar-refractivity contribution in [2.24, 2.45) is 0 Å². The molecule has 0 N–H and O–H groups in total. The van der Waals surface area contributed by atoms with Gasteiger partial charge in [-0.15, -0.1) is 11.3 Å². The second kappa shape index (κ2) is 8.33. The summed E-state index contributed by atoms with van der Waals surface area (Å²) in [5.74, 6) is 0.219. The Morgan fingerprint density at radius 1 is 1.11 bits per heavy atom. The number of carbonyl (C=O) groups excluding carboxylic acids is 1. The Hall–Kier alpha value is -2.02. The topological polar surface area (TPSA) is 36.4 Å². The monoisotopic (exact) mass is 397 g/mol. The zero-order chi connectivity index (χ0) is 18.6. The molecule has 0 unspecified atom stereocenters. The molecule has 3 aromatic rings. The first-order chi connectivity index (χ1) is 13.2. The number of carbonyl (C=O) groups is 1. The zero-order valence-corrected chi connectivity index (χ0v) is 17.1. The van der Waals surface area contributed by atoms with E-state index in [1.54, 1.807) is 22.7 Å². The Kier molecular flexibility index (Phi) is 5.66. The quantitative estimate of drug-likeness (QED) is 0.651. The Morgan fingerprint density at radius 3 is 2.59 bits per heavy atom. The van der Waals surface area contributed by atoms with E-state index < -0.39 is 0 Å². The summed E-state index contributed by atoms with van der Waals surface area (Å²) in [6.07, 6.45) is 0.459. The number of aromatic nitrogens is 1. The van der Waals surface area contributed by atoms with Crippen LogP contribution in [0, 0.1) is 6.92 Å². The normalized spacial score (nSPS) is 15.2. The summed E-state index contributed by atoms with van der Waals surface area (Å²) in [5.41, 5.74) is 3.46. The first-order valence-electron chi connectivity index (χ1n) is 9.22. The number of hydrogen-bond donors (Lipinski definition) is 0. The van der Waals surface area contributed by atoms with Gasteiger partial charge in [0, 0.05) is 43.2 Å². The van der Waals surface area contributed by atoms with Crippen LogP contribution in [0.3, 0.4) is 0 Å². The van der Waals surface area contributed by atoms with E-state index in [0.29, 0.717) is 6.42 Å². The minimum absolute atomic E-state index is 0.219. The lowest BCUT2D eigenvalue weighted by atomic mass is 10.2. The number of nitrogens with zero attached hydrogens (tertiary/aromatic N) is 3. The van der Waals surface area contributed by atoms with Crippen molar-refractivity contribution < 1.29 is 4.79 Å². The van der Waals surface area contributed by atoms with E-state index in [1.807, 2.05) is 30.0 Å². The summed E-state index contributed by atoms with van der Waals surface area (Å²) >= 11 is 3.38. The van der Waals surface area contributed by atoms with Gasteiger partial charge in [-0.05, 0) is 29.3 Å². The van der Waals surface area contributed by atoms with Crippen LogP contribution >= 0.6 is 22.7 Å². The molecule has 140 valence electrons. The minimum atomic E-state index is 0.219. The molecular weight excluding hydrogens is 374 g/mol. The molecule has 0 saturated carbocycles. The van der Waals surface area contributed by atoms with E-state index in [9.17, 15) is 4.79 Å². The highest BCUT2D eigenvalue weighted by Crippen LogP contribution is 2.28. The highest BCUT2D eigenvalue weighted by Gasteiger charge is 2.23. The molecular formula is C21H23N3OS2. The number of piperazine rings is 1. The molecule has 0 radical (unpaired) electrons. The van der Waals surface area contributed by atoms with Crippen molar-refractivity contribution in [1.29, 1.82) is 0 Å². The van der Waals surface area contributed by atoms with E-state index in [0.717, 1.165) is 53.9 Å². The van der Waals surface area contributed by atoms with Crippen LogP contribution in [-0.4, -0.2) is 46.9 Å². The molecule has 1 fully saturated rings. The highest BCUT2D eigenvalue weighted by atomic mass is 32.1. The van der Waals surface area contributed by atoms with Crippen LogP contribution < -0.4 is 0 Å². The maximum Gasteiger partial charge on any atom is 0.227 e. The lowest BCUT2D eigenvalue weighted by Gasteiger charge is -2.34. The highest BCUT2D eigenvalue weighted by molar-refractivity contribution is 7.15. The van der Waals surface area contributed by atoms with Crippen LogP contribution in [0.1, 0.15) is 16.1 Å². The fourth-order valence-corrected chi connectivity index (χ4v) is 5.06. The first-order valence-corrected chi connectivity index (χ1v) is 11.0. The molecule has 1 aliphatic rings.